The number of carbonyl (C=O) groups is 1. The first-order chi connectivity index (χ1) is 17.2. The fourth-order valence-corrected chi connectivity index (χ4v) is 4.02. The fourth-order valence-electron chi connectivity index (χ4n) is 3.27. The molecular weight excluding hydrogens is 495 g/mol. The summed E-state index contributed by atoms with van der Waals surface area (Å²) in [5.41, 5.74) is 0.709. The lowest BCUT2D eigenvalue weighted by Gasteiger charge is -2.13. The maximum Gasteiger partial charge on any atom is 0.416 e. The van der Waals surface area contributed by atoms with Gasteiger partial charge in [0.25, 0.3) is 0 Å². The Balaban J connectivity index is 1.63. The number of nitrogens with one attached hydrogen (secondary N) is 1. The van der Waals surface area contributed by atoms with Crippen molar-refractivity contribution >= 4 is 23.6 Å². The minimum atomic E-state index is -4.52. The van der Waals surface area contributed by atoms with Crippen molar-refractivity contribution in [3.05, 3.63) is 65.9 Å². The van der Waals surface area contributed by atoms with Gasteiger partial charge in [0, 0.05) is 11.6 Å². The fraction of sp³-hybridized carbons (Fsp3) is 0.250. The largest absolute Gasteiger partial charge is 0.497 e. The molecule has 0 unspecified atom stereocenters. The average molecular weight is 518 g/mol. The van der Waals surface area contributed by atoms with E-state index in [-0.39, 0.29) is 28.4 Å². The molecule has 0 saturated heterocycles. The molecule has 0 saturated carbocycles. The van der Waals surface area contributed by atoms with Gasteiger partial charge in [0.15, 0.2) is 11.0 Å². The lowest BCUT2D eigenvalue weighted by atomic mass is 10.1. The van der Waals surface area contributed by atoms with Crippen LogP contribution in [-0.2, 0) is 11.0 Å². The molecule has 188 valence electrons. The van der Waals surface area contributed by atoms with Crippen LogP contribution in [0.2, 0.25) is 0 Å². The average Bonchev–Trinajstić information content (AvgIpc) is 3.50. The molecule has 12 heteroatoms. The van der Waals surface area contributed by atoms with Gasteiger partial charge < -0.3 is 9.26 Å². The number of anilines is 1. The van der Waals surface area contributed by atoms with Crippen molar-refractivity contribution in [1.82, 2.24) is 19.9 Å². The summed E-state index contributed by atoms with van der Waals surface area (Å²) in [4.78, 5) is 12.5. The zero-order valence-electron chi connectivity index (χ0n) is 19.5. The van der Waals surface area contributed by atoms with Crippen molar-refractivity contribution in [1.29, 1.82) is 0 Å². The van der Waals surface area contributed by atoms with Crippen LogP contribution in [0.15, 0.2) is 64.3 Å². The lowest BCUT2D eigenvalue weighted by Crippen LogP contribution is -2.14. The number of carbonyl (C=O) groups excluding carboxylic acids is 1. The number of hydrogen-bond acceptors (Lipinski definition) is 7. The second-order valence-electron chi connectivity index (χ2n) is 8.03. The molecule has 2 aromatic carbocycles. The van der Waals surface area contributed by atoms with Crippen LogP contribution in [-0.4, -0.2) is 38.7 Å². The first-order valence-corrected chi connectivity index (χ1v) is 11.8. The third kappa shape index (κ3) is 5.70. The van der Waals surface area contributed by atoms with E-state index in [4.69, 9.17) is 9.26 Å². The minimum Gasteiger partial charge on any atom is -0.497 e. The van der Waals surface area contributed by atoms with Crippen molar-refractivity contribution in [3.63, 3.8) is 0 Å². The monoisotopic (exact) mass is 517 g/mol. The highest BCUT2D eigenvalue weighted by Crippen LogP contribution is 2.33. The van der Waals surface area contributed by atoms with Crippen LogP contribution in [0.25, 0.3) is 17.1 Å². The maximum absolute atomic E-state index is 13.4. The summed E-state index contributed by atoms with van der Waals surface area (Å²) < 4.78 is 52.0. The molecular formula is C24H22F3N5O3S. The van der Waals surface area contributed by atoms with Gasteiger partial charge in [-0.3, -0.25) is 14.7 Å². The maximum atomic E-state index is 13.4. The van der Waals surface area contributed by atoms with Crippen LogP contribution >= 0.6 is 11.8 Å². The standard InChI is InChI=1S/C24H22F3N5O3S/c1-14(2)19-12-21(35-31-19)28-20(33)13-36-23-30-29-22(15-7-9-18(34-3)10-8-15)32(23)17-6-4-5-16(11-17)24(25,26)27/h4-12,14H,13H2,1-3H3,(H,28,33). The number of methoxy groups -OCH3 is 1. The molecule has 0 bridgehead atoms. The Morgan fingerprint density at radius 2 is 1.89 bits per heavy atom. The minimum absolute atomic E-state index is 0.0859. The second-order valence-corrected chi connectivity index (χ2v) is 8.97. The van der Waals surface area contributed by atoms with Crippen LogP contribution in [0.4, 0.5) is 19.1 Å². The van der Waals surface area contributed by atoms with Crippen molar-refractivity contribution in [2.24, 2.45) is 0 Å². The van der Waals surface area contributed by atoms with Crippen molar-refractivity contribution in [3.8, 4) is 22.8 Å². The van der Waals surface area contributed by atoms with Crippen LogP contribution in [0, 0.1) is 0 Å². The predicted octanol–water partition coefficient (Wildman–Crippen LogP) is 5.80. The summed E-state index contributed by atoms with van der Waals surface area (Å²) in [5.74, 6) is 0.798. The Labute approximate surface area is 208 Å². The summed E-state index contributed by atoms with van der Waals surface area (Å²) in [6.07, 6.45) is -4.52. The number of thioether (sulfide) groups is 1. The van der Waals surface area contributed by atoms with E-state index in [9.17, 15) is 18.0 Å². The van der Waals surface area contributed by atoms with Crippen LogP contribution in [0.3, 0.4) is 0 Å². The number of ether oxygens (including phenoxy) is 1. The molecule has 0 atom stereocenters. The molecule has 1 amide bonds. The van der Waals surface area contributed by atoms with Gasteiger partial charge in [0.1, 0.15) is 5.75 Å². The Hall–Kier alpha value is -3.80. The number of benzene rings is 2. The van der Waals surface area contributed by atoms with Crippen molar-refractivity contribution in [2.45, 2.75) is 31.1 Å². The van der Waals surface area contributed by atoms with Gasteiger partial charge >= 0.3 is 6.18 Å². The summed E-state index contributed by atoms with van der Waals surface area (Å²) in [6, 6.07) is 13.4. The SMILES string of the molecule is COc1ccc(-c2nnc(SCC(=O)Nc3cc(C(C)C)no3)n2-c2cccc(C(F)(F)F)c2)cc1. The molecule has 0 aliphatic heterocycles. The first kappa shape index (κ1) is 25.3. The second kappa shape index (κ2) is 10.4. The van der Waals surface area contributed by atoms with E-state index in [2.05, 4.69) is 20.7 Å². The number of halogens is 3. The summed E-state index contributed by atoms with van der Waals surface area (Å²) >= 11 is 1.03. The molecule has 0 fully saturated rings. The number of nitrogens with zero attached hydrogens (tertiary/aromatic N) is 4. The molecule has 2 heterocycles. The zero-order valence-corrected chi connectivity index (χ0v) is 20.4. The normalized spacial score (nSPS) is 11.6. The third-order valence-electron chi connectivity index (χ3n) is 5.13. The number of rotatable bonds is 8. The Bertz CT molecular complexity index is 1350. The highest BCUT2D eigenvalue weighted by Gasteiger charge is 2.31. The number of alkyl halides is 3. The molecule has 0 aliphatic rings. The van der Waals surface area contributed by atoms with Crippen molar-refractivity contribution in [2.75, 3.05) is 18.2 Å². The molecule has 36 heavy (non-hydrogen) atoms. The van der Waals surface area contributed by atoms with E-state index in [1.807, 2.05) is 13.8 Å². The Morgan fingerprint density at radius 3 is 2.53 bits per heavy atom. The zero-order chi connectivity index (χ0) is 25.9. The van der Waals surface area contributed by atoms with Gasteiger partial charge in [-0.25, -0.2) is 0 Å². The van der Waals surface area contributed by atoms with E-state index in [0.29, 0.717) is 22.8 Å². The van der Waals surface area contributed by atoms with Crippen LogP contribution < -0.4 is 10.1 Å². The quantitative estimate of drug-likeness (QED) is 0.295. The third-order valence-corrected chi connectivity index (χ3v) is 6.06. The Morgan fingerprint density at radius 1 is 1.14 bits per heavy atom. The molecule has 1 N–H and O–H groups in total. The van der Waals surface area contributed by atoms with Gasteiger partial charge in [-0.15, -0.1) is 10.2 Å². The summed E-state index contributed by atoms with van der Waals surface area (Å²) in [7, 11) is 1.53. The van der Waals surface area contributed by atoms with Gasteiger partial charge in [-0.2, -0.15) is 13.2 Å². The topological polar surface area (TPSA) is 95.1 Å². The van der Waals surface area contributed by atoms with Gasteiger partial charge in [-0.1, -0.05) is 36.8 Å². The van der Waals surface area contributed by atoms with E-state index >= 15 is 0 Å². The highest BCUT2D eigenvalue weighted by molar-refractivity contribution is 7.99. The molecule has 0 aliphatic carbocycles. The van der Waals surface area contributed by atoms with Gasteiger partial charge in [0.2, 0.25) is 11.8 Å². The Kier molecular flexibility index (Phi) is 7.34. The van der Waals surface area contributed by atoms with E-state index < -0.39 is 17.6 Å². The molecule has 0 spiro atoms. The predicted molar refractivity (Wildman–Crippen MR) is 128 cm³/mol. The van der Waals surface area contributed by atoms with E-state index in [1.165, 1.54) is 23.8 Å². The van der Waals surface area contributed by atoms with Crippen molar-refractivity contribution < 1.29 is 27.2 Å². The molecule has 8 nitrogen and oxygen atoms in total. The number of hydrogen-bond donors (Lipinski definition) is 1. The lowest BCUT2D eigenvalue weighted by molar-refractivity contribution is -0.137. The molecule has 2 aromatic heterocycles. The molecule has 4 aromatic rings. The highest BCUT2D eigenvalue weighted by atomic mass is 32.2. The molecule has 4 rings (SSSR count). The summed E-state index contributed by atoms with van der Waals surface area (Å²) in [5, 5.41) is 15.1. The number of aromatic nitrogens is 4. The van der Waals surface area contributed by atoms with Crippen LogP contribution in [0.1, 0.15) is 31.0 Å². The van der Waals surface area contributed by atoms with E-state index in [0.717, 1.165) is 23.9 Å². The number of amides is 1. The summed E-state index contributed by atoms with van der Waals surface area (Å²) in [6.45, 7) is 3.89. The van der Waals surface area contributed by atoms with Gasteiger partial charge in [-0.05, 0) is 48.4 Å². The van der Waals surface area contributed by atoms with Crippen LogP contribution in [0.5, 0.6) is 5.75 Å². The van der Waals surface area contributed by atoms with E-state index in [1.54, 1.807) is 30.3 Å². The molecule has 0 radical (unpaired) electrons. The van der Waals surface area contributed by atoms with Gasteiger partial charge in [0.05, 0.1) is 29.8 Å². The smallest absolute Gasteiger partial charge is 0.416 e. The first-order valence-electron chi connectivity index (χ1n) is 10.8.